The lowest BCUT2D eigenvalue weighted by molar-refractivity contribution is 0.198. The summed E-state index contributed by atoms with van der Waals surface area (Å²) in [4.78, 5) is 14.2. The van der Waals surface area contributed by atoms with E-state index in [4.69, 9.17) is 0 Å². The summed E-state index contributed by atoms with van der Waals surface area (Å²) in [6, 6.07) is 8.74. The summed E-state index contributed by atoms with van der Waals surface area (Å²) in [5, 5.41) is 6.98. The fraction of sp³-hybridized carbons (Fsp3) is 0.350. The van der Waals surface area contributed by atoms with Crippen LogP contribution in [0.5, 0.6) is 0 Å². The highest BCUT2D eigenvalue weighted by Crippen LogP contribution is 2.30. The van der Waals surface area contributed by atoms with E-state index in [0.29, 0.717) is 6.04 Å². The van der Waals surface area contributed by atoms with Gasteiger partial charge in [0.25, 0.3) is 0 Å². The third-order valence-corrected chi connectivity index (χ3v) is 5.24. The number of halogens is 1. The molecule has 0 aliphatic carbocycles. The van der Waals surface area contributed by atoms with Crippen molar-refractivity contribution in [2.24, 2.45) is 0 Å². The van der Waals surface area contributed by atoms with Gasteiger partial charge in [-0.3, -0.25) is 15.0 Å². The van der Waals surface area contributed by atoms with E-state index < -0.39 is 0 Å². The number of hydrogen-bond acceptors (Lipinski definition) is 5. The number of rotatable bonds is 4. The van der Waals surface area contributed by atoms with Crippen LogP contribution >= 0.6 is 12.4 Å². The second-order valence-electron chi connectivity index (χ2n) is 6.77. The van der Waals surface area contributed by atoms with Crippen molar-refractivity contribution in [2.45, 2.75) is 19.9 Å². The maximum atomic E-state index is 4.67. The van der Waals surface area contributed by atoms with Crippen molar-refractivity contribution in [3.63, 3.8) is 0 Å². The molecule has 1 atom stereocenters. The number of hydrogen-bond donors (Lipinski definition) is 1. The van der Waals surface area contributed by atoms with Crippen molar-refractivity contribution in [3.8, 4) is 11.3 Å². The maximum Gasteiger partial charge on any atom is 0.155 e. The third-order valence-electron chi connectivity index (χ3n) is 5.24. The Kier molecular flexibility index (Phi) is 6.08. The number of aromatic nitrogens is 4. The average Bonchev–Trinajstić information content (AvgIpc) is 3.23. The zero-order chi connectivity index (χ0) is 17.9. The Bertz CT molecular complexity index is 858. The van der Waals surface area contributed by atoms with Crippen LogP contribution in [0.3, 0.4) is 0 Å². The molecule has 1 N–H and O–H groups in total. The minimum atomic E-state index is 0. The lowest BCUT2D eigenvalue weighted by Gasteiger charge is -2.38. The minimum Gasteiger partial charge on any atom is -0.352 e. The molecule has 3 heterocycles. The molecule has 0 saturated carbocycles. The number of benzene rings is 1. The minimum absolute atomic E-state index is 0. The maximum absolute atomic E-state index is 4.67. The van der Waals surface area contributed by atoms with Gasteiger partial charge in [-0.1, -0.05) is 24.3 Å². The molecule has 1 fully saturated rings. The Balaban J connectivity index is 0.00000210. The fourth-order valence-electron chi connectivity index (χ4n) is 3.61. The van der Waals surface area contributed by atoms with Crippen molar-refractivity contribution in [1.29, 1.82) is 0 Å². The van der Waals surface area contributed by atoms with Crippen LogP contribution in [-0.2, 0) is 0 Å². The Morgan fingerprint density at radius 2 is 1.78 bits per heavy atom. The van der Waals surface area contributed by atoms with E-state index in [0.717, 1.165) is 43.3 Å². The highest BCUT2D eigenvalue weighted by Gasteiger charge is 2.25. The van der Waals surface area contributed by atoms with Gasteiger partial charge in [0.15, 0.2) is 5.82 Å². The van der Waals surface area contributed by atoms with E-state index in [2.05, 4.69) is 68.1 Å². The van der Waals surface area contributed by atoms with Crippen LogP contribution < -0.4 is 4.90 Å². The monoisotopic (exact) mass is 384 g/mol. The summed E-state index contributed by atoms with van der Waals surface area (Å²) in [5.41, 5.74) is 4.59. The van der Waals surface area contributed by atoms with E-state index in [1.54, 1.807) is 12.4 Å². The first-order valence-electron chi connectivity index (χ1n) is 9.08. The van der Waals surface area contributed by atoms with Gasteiger partial charge in [0.1, 0.15) is 5.69 Å². The standard InChI is InChI=1S/C20H24N6.ClH/c1-15-5-3-4-6-18(15)19-20(22-8-7-21-19)26-11-9-25(10-12-26)16(2)17-13-23-24-14-17;/h3-8,13-14,16H,9-12H2,1-2H3,(H,23,24);1H. The van der Waals surface area contributed by atoms with E-state index in [1.807, 2.05) is 12.4 Å². The molecule has 1 aromatic carbocycles. The van der Waals surface area contributed by atoms with Gasteiger partial charge < -0.3 is 4.90 Å². The zero-order valence-corrected chi connectivity index (χ0v) is 16.5. The Morgan fingerprint density at radius 3 is 2.48 bits per heavy atom. The van der Waals surface area contributed by atoms with Crippen molar-refractivity contribution in [2.75, 3.05) is 31.1 Å². The van der Waals surface area contributed by atoms with Gasteiger partial charge >= 0.3 is 0 Å². The lowest BCUT2D eigenvalue weighted by atomic mass is 10.0. The number of anilines is 1. The zero-order valence-electron chi connectivity index (χ0n) is 15.7. The summed E-state index contributed by atoms with van der Waals surface area (Å²) in [7, 11) is 0. The number of piperazine rings is 1. The van der Waals surface area contributed by atoms with Gasteiger partial charge in [-0.05, 0) is 19.4 Å². The van der Waals surface area contributed by atoms with Gasteiger partial charge in [0, 0.05) is 61.9 Å². The fourth-order valence-corrected chi connectivity index (χ4v) is 3.61. The summed E-state index contributed by atoms with van der Waals surface area (Å²) in [6.45, 7) is 8.24. The van der Waals surface area contributed by atoms with Gasteiger partial charge in [0.05, 0.1) is 6.20 Å². The highest BCUT2D eigenvalue weighted by molar-refractivity contribution is 5.85. The Morgan fingerprint density at radius 1 is 1.04 bits per heavy atom. The summed E-state index contributed by atoms with van der Waals surface area (Å²) >= 11 is 0. The van der Waals surface area contributed by atoms with Gasteiger partial charge in [-0.2, -0.15) is 5.10 Å². The van der Waals surface area contributed by atoms with Crippen molar-refractivity contribution in [1.82, 2.24) is 25.1 Å². The number of aromatic amines is 1. The number of nitrogens with one attached hydrogen (secondary N) is 1. The molecular weight excluding hydrogens is 360 g/mol. The van der Waals surface area contributed by atoms with E-state index in [-0.39, 0.29) is 12.4 Å². The molecule has 142 valence electrons. The normalized spacial score (nSPS) is 16.0. The smallest absolute Gasteiger partial charge is 0.155 e. The van der Waals surface area contributed by atoms with Gasteiger partial charge in [-0.25, -0.2) is 4.98 Å². The predicted molar refractivity (Wildman–Crippen MR) is 110 cm³/mol. The molecule has 2 aromatic heterocycles. The van der Waals surface area contributed by atoms with Crippen LogP contribution in [0.1, 0.15) is 24.1 Å². The highest BCUT2D eigenvalue weighted by atomic mass is 35.5. The molecule has 3 aromatic rings. The van der Waals surface area contributed by atoms with Gasteiger partial charge in [0.2, 0.25) is 0 Å². The van der Waals surface area contributed by atoms with Crippen LogP contribution in [-0.4, -0.2) is 51.2 Å². The number of aryl methyl sites for hydroxylation is 1. The van der Waals surface area contributed by atoms with Crippen LogP contribution in [0.15, 0.2) is 49.1 Å². The van der Waals surface area contributed by atoms with Crippen LogP contribution in [0, 0.1) is 6.92 Å². The number of H-pyrrole nitrogens is 1. The largest absolute Gasteiger partial charge is 0.352 e. The Hall–Kier alpha value is -2.44. The second-order valence-corrected chi connectivity index (χ2v) is 6.77. The van der Waals surface area contributed by atoms with Gasteiger partial charge in [-0.15, -0.1) is 12.4 Å². The van der Waals surface area contributed by atoms with Crippen molar-refractivity contribution < 1.29 is 0 Å². The second kappa shape index (κ2) is 8.50. The van der Waals surface area contributed by atoms with Crippen molar-refractivity contribution >= 4 is 18.2 Å². The molecule has 6 nitrogen and oxygen atoms in total. The molecule has 1 aliphatic heterocycles. The van der Waals surface area contributed by atoms with E-state index >= 15 is 0 Å². The first-order chi connectivity index (χ1) is 12.7. The third kappa shape index (κ3) is 3.96. The average molecular weight is 385 g/mol. The van der Waals surface area contributed by atoms with Crippen LogP contribution in [0.4, 0.5) is 5.82 Å². The van der Waals surface area contributed by atoms with Crippen molar-refractivity contribution in [3.05, 3.63) is 60.2 Å². The van der Waals surface area contributed by atoms with Crippen LogP contribution in [0.2, 0.25) is 0 Å². The molecule has 1 aliphatic rings. The summed E-state index contributed by atoms with van der Waals surface area (Å²) in [5.74, 6) is 0.984. The molecule has 7 heteroatoms. The van der Waals surface area contributed by atoms with E-state index in [1.165, 1.54) is 11.1 Å². The molecule has 0 radical (unpaired) electrons. The predicted octanol–water partition coefficient (Wildman–Crippen LogP) is 3.48. The lowest BCUT2D eigenvalue weighted by Crippen LogP contribution is -2.47. The number of nitrogens with zero attached hydrogens (tertiary/aromatic N) is 5. The summed E-state index contributed by atoms with van der Waals surface area (Å²) < 4.78 is 0. The molecule has 27 heavy (non-hydrogen) atoms. The molecule has 0 amide bonds. The molecule has 1 unspecified atom stereocenters. The topological polar surface area (TPSA) is 60.9 Å². The first kappa shape index (κ1) is 19.3. The molecule has 0 bridgehead atoms. The molecule has 1 saturated heterocycles. The first-order valence-corrected chi connectivity index (χ1v) is 9.08. The molecule has 0 spiro atoms. The SMILES string of the molecule is Cc1ccccc1-c1nccnc1N1CCN(C(C)c2cn[nH]c2)CC1.Cl. The molecule has 4 rings (SSSR count). The van der Waals surface area contributed by atoms with E-state index in [9.17, 15) is 0 Å². The summed E-state index contributed by atoms with van der Waals surface area (Å²) in [6.07, 6.45) is 7.46. The van der Waals surface area contributed by atoms with Crippen LogP contribution in [0.25, 0.3) is 11.3 Å². The Labute approximate surface area is 166 Å². The molecular formula is C20H25ClN6. The quantitative estimate of drug-likeness (QED) is 0.746.